The summed E-state index contributed by atoms with van der Waals surface area (Å²) in [6, 6.07) is 0. The average Bonchev–Trinajstić information content (AvgIpc) is 1.91. The van der Waals surface area contributed by atoms with E-state index in [0.29, 0.717) is 0 Å². The molecule has 7 nitrogen and oxygen atoms in total. The maximum absolute atomic E-state index is 8.17. The molecule has 9 heteroatoms. The number of rotatable bonds is 2. The average molecular weight is 397 g/mol. The molecule has 0 aliphatic carbocycles. The van der Waals surface area contributed by atoms with Gasteiger partial charge in [0.2, 0.25) is 0 Å². The van der Waals surface area contributed by atoms with E-state index in [1.54, 1.807) is 20.0 Å². The van der Waals surface area contributed by atoms with Gasteiger partial charge in [0.05, 0.1) is 13.2 Å². The van der Waals surface area contributed by atoms with E-state index < -0.39 is 6.10 Å². The Hall–Kier alpha value is 0.750. The molecule has 0 fully saturated rings. The van der Waals surface area contributed by atoms with Crippen molar-refractivity contribution in [2.75, 3.05) is 13.2 Å². The Morgan fingerprint density at radius 1 is 0.917 bits per heavy atom. The van der Waals surface area contributed by atoms with Crippen molar-refractivity contribution in [2.24, 2.45) is 0 Å². The first-order chi connectivity index (χ1) is 3.81. The Morgan fingerprint density at radius 3 is 1.08 bits per heavy atom. The second-order valence-electron chi connectivity index (χ2n) is 1.02. The maximum atomic E-state index is 8.17. The predicted molar refractivity (Wildman–Crippen MR) is 40.5 cm³/mol. The third kappa shape index (κ3) is 45.3. The zero-order chi connectivity index (χ0) is 6.99. The van der Waals surface area contributed by atoms with Crippen molar-refractivity contribution in [3.63, 3.8) is 0 Å². The summed E-state index contributed by atoms with van der Waals surface area (Å²) >= 11 is 1.75. The van der Waals surface area contributed by atoms with E-state index >= 15 is 0 Å². The Labute approximate surface area is 85.9 Å². The van der Waals surface area contributed by atoms with E-state index in [0.717, 1.165) is 0 Å². The molecule has 0 aromatic rings. The Kier molecular flexibility index (Phi) is 132. The normalized spacial score (nSPS) is 5.58. The standard InChI is InChI=1S/C3H8O3.Au.ClH.4H2O/c4-1-3(6)2-5;;;;;;/h3-6H,1-2H2;;1H;4*1H2/q;+1;;;;;/p-1. The van der Waals surface area contributed by atoms with Crippen LogP contribution >= 0.6 is 9.19 Å². The van der Waals surface area contributed by atoms with Gasteiger partial charge in [-0.25, -0.2) is 0 Å². The fourth-order valence-electron chi connectivity index (χ4n) is 0.0577. The van der Waals surface area contributed by atoms with Crippen LogP contribution in [0.15, 0.2) is 0 Å². The number of halogens is 1. The van der Waals surface area contributed by atoms with Gasteiger partial charge in [0, 0.05) is 0 Å². The van der Waals surface area contributed by atoms with Crippen LogP contribution in [0.5, 0.6) is 0 Å². The fourth-order valence-corrected chi connectivity index (χ4v) is 0.0577. The third-order valence-corrected chi connectivity index (χ3v) is 0.421. The summed E-state index contributed by atoms with van der Waals surface area (Å²) in [4.78, 5) is 0. The van der Waals surface area contributed by atoms with Crippen LogP contribution in [0.4, 0.5) is 0 Å². The molecule has 0 atom stereocenters. The molecule has 0 saturated carbocycles. The number of hydrogen-bond donors (Lipinski definition) is 3. The molecule has 12 heavy (non-hydrogen) atoms. The van der Waals surface area contributed by atoms with Crippen LogP contribution in [0.1, 0.15) is 0 Å². The zero-order valence-electron chi connectivity index (χ0n) is 6.01. The number of hydrogen-bond acceptors (Lipinski definition) is 3. The summed E-state index contributed by atoms with van der Waals surface area (Å²) < 4.78 is 0. The number of aliphatic hydroxyl groups excluding tert-OH is 3. The fraction of sp³-hybridized carbons (Fsp3) is 1.00. The first-order valence-electron chi connectivity index (χ1n) is 1.82. The van der Waals surface area contributed by atoms with E-state index in [2.05, 4.69) is 9.19 Å². The van der Waals surface area contributed by atoms with Crippen LogP contribution in [-0.4, -0.2) is 56.5 Å². The molecule has 0 aromatic heterocycles. The van der Waals surface area contributed by atoms with Crippen molar-refractivity contribution >= 4 is 9.19 Å². The zero-order valence-corrected chi connectivity index (χ0v) is 8.94. The van der Waals surface area contributed by atoms with Crippen LogP contribution in [0.2, 0.25) is 0 Å². The Balaban J connectivity index is -0.0000000140. The summed E-state index contributed by atoms with van der Waals surface area (Å²) in [5, 5.41) is 24.0. The van der Waals surface area contributed by atoms with Gasteiger partial charge in [0.25, 0.3) is 0 Å². The second kappa shape index (κ2) is 41.1. The van der Waals surface area contributed by atoms with Crippen molar-refractivity contribution in [3.05, 3.63) is 0 Å². The molecule has 88 valence electrons. The molecule has 0 amide bonds. The molecule has 0 bridgehead atoms. The van der Waals surface area contributed by atoms with E-state index in [4.69, 9.17) is 15.3 Å². The first-order valence-corrected chi connectivity index (χ1v) is 4.51. The van der Waals surface area contributed by atoms with Crippen molar-refractivity contribution in [3.8, 4) is 0 Å². The molecule has 0 radical (unpaired) electrons. The molecular weight excluding hydrogens is 380 g/mol. The topological polar surface area (TPSA) is 187 Å². The van der Waals surface area contributed by atoms with Crippen LogP contribution < -0.4 is 0 Å². The molecule has 0 spiro atoms. The van der Waals surface area contributed by atoms with Gasteiger partial charge in [-0.1, -0.05) is 0 Å². The summed E-state index contributed by atoms with van der Waals surface area (Å²) in [5.41, 5.74) is 0. The van der Waals surface area contributed by atoms with Crippen molar-refractivity contribution in [1.82, 2.24) is 0 Å². The third-order valence-electron chi connectivity index (χ3n) is 0.421. The molecule has 0 aromatic carbocycles. The Morgan fingerprint density at radius 2 is 1.08 bits per heavy atom. The monoisotopic (exact) mass is 396 g/mol. The minimum atomic E-state index is -0.954. The van der Waals surface area contributed by atoms with Gasteiger partial charge >= 0.3 is 29.2 Å². The van der Waals surface area contributed by atoms with Gasteiger partial charge in [-0.15, -0.1) is 0 Å². The quantitative estimate of drug-likeness (QED) is 0.399. The minimum absolute atomic E-state index is 0. The SMILES string of the molecule is O.O.O.O.OCC(O)CO.[Cl][Au]. The van der Waals surface area contributed by atoms with Crippen LogP contribution in [0.25, 0.3) is 0 Å². The van der Waals surface area contributed by atoms with Gasteiger partial charge in [-0.05, 0) is 0 Å². The molecule has 0 heterocycles. The molecule has 0 rings (SSSR count). The van der Waals surface area contributed by atoms with Crippen LogP contribution in [0, 0.1) is 0 Å². The molecule has 0 aliphatic rings. The molecular formula is C3H16AuClO7. The van der Waals surface area contributed by atoms with Gasteiger partial charge in [0.1, 0.15) is 6.10 Å². The molecule has 0 saturated heterocycles. The van der Waals surface area contributed by atoms with E-state index in [1.807, 2.05) is 0 Å². The summed E-state index contributed by atoms with van der Waals surface area (Å²) in [6.45, 7) is -0.729. The van der Waals surface area contributed by atoms with Gasteiger partial charge in [-0.3, -0.25) is 0 Å². The van der Waals surface area contributed by atoms with Crippen molar-refractivity contribution < 1.29 is 57.2 Å². The Bertz CT molecular complexity index is 37.8. The van der Waals surface area contributed by atoms with Gasteiger partial charge in [-0.2, -0.15) is 0 Å². The van der Waals surface area contributed by atoms with Crippen molar-refractivity contribution in [1.29, 1.82) is 0 Å². The molecule has 0 unspecified atom stereocenters. The summed E-state index contributed by atoms with van der Waals surface area (Å²) in [7, 11) is 4.58. The predicted octanol–water partition coefficient (Wildman–Crippen LogP) is -4.28. The van der Waals surface area contributed by atoms with Gasteiger partial charge < -0.3 is 37.2 Å². The van der Waals surface area contributed by atoms with Gasteiger partial charge in [0.15, 0.2) is 0 Å². The van der Waals surface area contributed by atoms with E-state index in [9.17, 15) is 0 Å². The summed E-state index contributed by atoms with van der Waals surface area (Å²) in [5.74, 6) is 0. The van der Waals surface area contributed by atoms with Crippen molar-refractivity contribution in [2.45, 2.75) is 6.10 Å². The second-order valence-corrected chi connectivity index (χ2v) is 1.02. The van der Waals surface area contributed by atoms with E-state index in [-0.39, 0.29) is 35.1 Å². The first kappa shape index (κ1) is 38.6. The number of aliphatic hydroxyl groups is 3. The molecule has 0 aliphatic heterocycles. The summed E-state index contributed by atoms with van der Waals surface area (Å²) in [6.07, 6.45) is -0.954. The molecule has 11 N–H and O–H groups in total. The van der Waals surface area contributed by atoms with E-state index in [1.165, 1.54) is 0 Å². The van der Waals surface area contributed by atoms with Crippen LogP contribution in [0.3, 0.4) is 0 Å². The van der Waals surface area contributed by atoms with Crippen LogP contribution in [-0.2, 0) is 20.0 Å².